The number of carbonyl (C=O) groups excluding carboxylic acids is 1. The number of nitrogens with two attached hydrogens (primary N) is 1. The van der Waals surface area contributed by atoms with Crippen LogP contribution in [0.25, 0.3) is 0 Å². The maximum atomic E-state index is 12.8. The Labute approximate surface area is 136 Å². The van der Waals surface area contributed by atoms with Crippen molar-refractivity contribution in [3.05, 3.63) is 42.0 Å². The van der Waals surface area contributed by atoms with Crippen LogP contribution in [0.5, 0.6) is 17.2 Å². The normalized spacial score (nSPS) is 11.0. The van der Waals surface area contributed by atoms with E-state index in [9.17, 15) is 18.0 Å². The van der Waals surface area contributed by atoms with Crippen LogP contribution in [0.15, 0.2) is 36.4 Å². The number of anilines is 2. The van der Waals surface area contributed by atoms with Crippen molar-refractivity contribution in [1.82, 2.24) is 0 Å². The number of benzene rings is 2. The zero-order chi connectivity index (χ0) is 17.9. The van der Waals surface area contributed by atoms with Crippen LogP contribution in [0.4, 0.5) is 24.5 Å². The molecule has 0 aliphatic carbocycles. The van der Waals surface area contributed by atoms with E-state index >= 15 is 0 Å². The summed E-state index contributed by atoms with van der Waals surface area (Å²) < 4.78 is 48.9. The number of nitrogen functional groups attached to an aromatic ring is 1. The monoisotopic (exact) mass is 340 g/mol. The highest BCUT2D eigenvalue weighted by Crippen LogP contribution is 2.39. The molecule has 0 spiro atoms. The minimum atomic E-state index is -4.48. The number of nitrogens with one attached hydrogen (secondary N) is 1. The highest BCUT2D eigenvalue weighted by atomic mass is 19.4. The molecule has 8 heteroatoms. The van der Waals surface area contributed by atoms with Gasteiger partial charge in [0.15, 0.2) is 11.5 Å². The lowest BCUT2D eigenvalue weighted by Gasteiger charge is -2.15. The molecule has 24 heavy (non-hydrogen) atoms. The smallest absolute Gasteiger partial charge is 0.416 e. The van der Waals surface area contributed by atoms with E-state index < -0.39 is 11.7 Å². The van der Waals surface area contributed by atoms with Crippen molar-refractivity contribution < 1.29 is 27.4 Å². The second kappa shape index (κ2) is 6.69. The minimum absolute atomic E-state index is 0.0262. The molecule has 0 aliphatic heterocycles. The van der Waals surface area contributed by atoms with Gasteiger partial charge in [-0.05, 0) is 18.2 Å². The average Bonchev–Trinajstić information content (AvgIpc) is 2.49. The lowest BCUT2D eigenvalue weighted by molar-refractivity contribution is -0.137. The maximum Gasteiger partial charge on any atom is 0.416 e. The Hall–Kier alpha value is -2.90. The molecule has 128 valence electrons. The topological polar surface area (TPSA) is 73.6 Å². The molecule has 0 atom stereocenters. The quantitative estimate of drug-likeness (QED) is 0.824. The summed E-state index contributed by atoms with van der Waals surface area (Å²) in [6, 6.07) is 7.22. The summed E-state index contributed by atoms with van der Waals surface area (Å²) in [6.45, 7) is 1.30. The van der Waals surface area contributed by atoms with Crippen molar-refractivity contribution >= 4 is 17.3 Å². The lowest BCUT2D eigenvalue weighted by Crippen LogP contribution is -2.08. The predicted octanol–water partition coefficient (Wildman–Crippen LogP) is 4.05. The number of hydrogen-bond acceptors (Lipinski definition) is 4. The largest absolute Gasteiger partial charge is 0.493 e. The van der Waals surface area contributed by atoms with Crippen LogP contribution < -0.4 is 20.5 Å². The molecule has 2 aromatic rings. The first-order valence-corrected chi connectivity index (χ1v) is 6.81. The van der Waals surface area contributed by atoms with Gasteiger partial charge in [-0.1, -0.05) is 6.07 Å². The van der Waals surface area contributed by atoms with Crippen LogP contribution in [0.1, 0.15) is 12.5 Å². The molecule has 2 rings (SSSR count). The standard InChI is InChI=1S/C16H15F3N2O3/c1-9(22)21-13-8-15(14(23-2)7-12(13)20)24-11-5-3-4-10(6-11)16(17,18)19/h3-8H,20H2,1-2H3,(H,21,22). The SMILES string of the molecule is COc1cc(N)c(NC(C)=O)cc1Oc1cccc(C(F)(F)F)c1. The fourth-order valence-corrected chi connectivity index (χ4v) is 1.98. The average molecular weight is 340 g/mol. The maximum absolute atomic E-state index is 12.8. The summed E-state index contributed by atoms with van der Waals surface area (Å²) in [5.74, 6) is -0.0349. The van der Waals surface area contributed by atoms with Gasteiger partial charge in [0.2, 0.25) is 5.91 Å². The van der Waals surface area contributed by atoms with E-state index in [-0.39, 0.29) is 34.5 Å². The number of ether oxygens (including phenoxy) is 2. The van der Waals surface area contributed by atoms with E-state index in [0.717, 1.165) is 12.1 Å². The van der Waals surface area contributed by atoms with Gasteiger partial charge in [0.25, 0.3) is 0 Å². The van der Waals surface area contributed by atoms with Crippen molar-refractivity contribution in [2.45, 2.75) is 13.1 Å². The van der Waals surface area contributed by atoms with E-state index in [2.05, 4.69) is 5.32 Å². The van der Waals surface area contributed by atoms with Crippen molar-refractivity contribution in [1.29, 1.82) is 0 Å². The molecule has 0 fully saturated rings. The van der Waals surface area contributed by atoms with Gasteiger partial charge < -0.3 is 20.5 Å². The molecule has 0 saturated carbocycles. The van der Waals surface area contributed by atoms with E-state index in [4.69, 9.17) is 15.2 Å². The van der Waals surface area contributed by atoms with Crippen molar-refractivity contribution in [3.63, 3.8) is 0 Å². The van der Waals surface area contributed by atoms with Crippen LogP contribution in [-0.2, 0) is 11.0 Å². The summed E-state index contributed by atoms with van der Waals surface area (Å²) in [6.07, 6.45) is -4.48. The van der Waals surface area contributed by atoms with Crippen LogP contribution in [0.3, 0.4) is 0 Å². The first kappa shape index (κ1) is 17.5. The first-order chi connectivity index (χ1) is 11.2. The molecule has 0 radical (unpaired) electrons. The van der Waals surface area contributed by atoms with Gasteiger partial charge in [-0.15, -0.1) is 0 Å². The fraction of sp³-hybridized carbons (Fsp3) is 0.188. The number of alkyl halides is 3. The molecule has 2 aromatic carbocycles. The van der Waals surface area contributed by atoms with Gasteiger partial charge in [-0.3, -0.25) is 4.79 Å². The third-order valence-electron chi connectivity index (χ3n) is 3.04. The number of rotatable bonds is 4. The molecule has 0 saturated heterocycles. The predicted molar refractivity (Wildman–Crippen MR) is 83.2 cm³/mol. The second-order valence-electron chi connectivity index (χ2n) is 4.90. The zero-order valence-corrected chi connectivity index (χ0v) is 12.9. The molecule has 0 heterocycles. The Morgan fingerprint density at radius 1 is 1.17 bits per heavy atom. The third-order valence-corrected chi connectivity index (χ3v) is 3.04. The molecule has 5 nitrogen and oxygen atoms in total. The molecule has 0 unspecified atom stereocenters. The van der Waals surface area contributed by atoms with Gasteiger partial charge in [0.05, 0.1) is 24.0 Å². The number of hydrogen-bond donors (Lipinski definition) is 2. The molecule has 0 bridgehead atoms. The number of amides is 1. The Balaban J connectivity index is 2.39. The van der Waals surface area contributed by atoms with Gasteiger partial charge in [-0.25, -0.2) is 0 Å². The van der Waals surface area contributed by atoms with Crippen LogP contribution in [0, 0.1) is 0 Å². The highest BCUT2D eigenvalue weighted by molar-refractivity contribution is 5.93. The Bertz CT molecular complexity index is 761. The number of methoxy groups -OCH3 is 1. The van der Waals surface area contributed by atoms with E-state index in [1.54, 1.807) is 0 Å². The summed E-state index contributed by atoms with van der Waals surface area (Å²) in [5.41, 5.74) is 5.46. The summed E-state index contributed by atoms with van der Waals surface area (Å²) >= 11 is 0. The zero-order valence-electron chi connectivity index (χ0n) is 12.9. The fourth-order valence-electron chi connectivity index (χ4n) is 1.98. The Morgan fingerprint density at radius 3 is 2.46 bits per heavy atom. The molecular formula is C16H15F3N2O3. The van der Waals surface area contributed by atoms with Crippen molar-refractivity contribution in [2.24, 2.45) is 0 Å². The first-order valence-electron chi connectivity index (χ1n) is 6.81. The lowest BCUT2D eigenvalue weighted by atomic mass is 10.2. The summed E-state index contributed by atoms with van der Waals surface area (Å²) in [7, 11) is 1.37. The van der Waals surface area contributed by atoms with Crippen LogP contribution in [-0.4, -0.2) is 13.0 Å². The number of halogens is 3. The summed E-state index contributed by atoms with van der Waals surface area (Å²) in [5, 5.41) is 2.51. The van der Waals surface area contributed by atoms with E-state index in [0.29, 0.717) is 0 Å². The molecule has 3 N–H and O–H groups in total. The molecule has 0 aromatic heterocycles. The van der Waals surface area contributed by atoms with Crippen LogP contribution >= 0.6 is 0 Å². The molecular weight excluding hydrogens is 325 g/mol. The van der Waals surface area contributed by atoms with E-state index in [1.165, 1.54) is 38.3 Å². The van der Waals surface area contributed by atoms with Crippen molar-refractivity contribution in [2.75, 3.05) is 18.2 Å². The Morgan fingerprint density at radius 2 is 1.88 bits per heavy atom. The Kier molecular flexibility index (Phi) is 4.87. The molecule has 0 aliphatic rings. The third kappa shape index (κ3) is 4.09. The highest BCUT2D eigenvalue weighted by Gasteiger charge is 2.30. The summed E-state index contributed by atoms with van der Waals surface area (Å²) in [4.78, 5) is 11.2. The van der Waals surface area contributed by atoms with Gasteiger partial charge in [0.1, 0.15) is 5.75 Å². The second-order valence-corrected chi connectivity index (χ2v) is 4.90. The van der Waals surface area contributed by atoms with Gasteiger partial charge in [0, 0.05) is 19.1 Å². The van der Waals surface area contributed by atoms with Gasteiger partial charge >= 0.3 is 6.18 Å². The number of carbonyl (C=O) groups is 1. The van der Waals surface area contributed by atoms with E-state index in [1.807, 2.05) is 0 Å². The van der Waals surface area contributed by atoms with Gasteiger partial charge in [-0.2, -0.15) is 13.2 Å². The molecule has 1 amide bonds. The van der Waals surface area contributed by atoms with Crippen molar-refractivity contribution in [3.8, 4) is 17.2 Å². The minimum Gasteiger partial charge on any atom is -0.493 e. The van der Waals surface area contributed by atoms with Crippen LogP contribution in [0.2, 0.25) is 0 Å².